The Morgan fingerprint density at radius 2 is 1.38 bits per heavy atom. The van der Waals surface area contributed by atoms with Crippen LogP contribution in [0.4, 0.5) is 0 Å². The van der Waals surface area contributed by atoms with Gasteiger partial charge in [-0.3, -0.25) is 9.79 Å². The van der Waals surface area contributed by atoms with Crippen molar-refractivity contribution in [1.29, 1.82) is 0 Å². The second kappa shape index (κ2) is 15.8. The highest BCUT2D eigenvalue weighted by Crippen LogP contribution is 2.35. The van der Waals surface area contributed by atoms with Crippen LogP contribution in [-0.4, -0.2) is 9.79 Å². The van der Waals surface area contributed by atoms with Crippen LogP contribution < -0.4 is 0 Å². The summed E-state index contributed by atoms with van der Waals surface area (Å²) >= 11 is 0. The number of phosphoric ester groups is 1. The van der Waals surface area contributed by atoms with Crippen LogP contribution >= 0.6 is 7.82 Å². The fourth-order valence-electron chi connectivity index (χ4n) is 1.61. The van der Waals surface area contributed by atoms with Gasteiger partial charge in [0.15, 0.2) is 0 Å². The van der Waals surface area contributed by atoms with E-state index in [4.69, 9.17) is 9.79 Å². The molecule has 126 valence electrons. The number of unbranched alkanes of at least 4 members (excludes halogenated alkanes) is 8. The molecule has 21 heavy (non-hydrogen) atoms. The molecule has 0 aromatic rings. The van der Waals surface area contributed by atoms with E-state index in [-0.39, 0.29) is 0 Å². The molecule has 0 rings (SSSR count). The summed E-state index contributed by atoms with van der Waals surface area (Å²) in [6, 6.07) is 0. The molecule has 0 heterocycles. The average molecular weight is 320 g/mol. The van der Waals surface area contributed by atoms with Crippen molar-refractivity contribution in [3.63, 3.8) is 0 Å². The van der Waals surface area contributed by atoms with Crippen LogP contribution in [0.2, 0.25) is 0 Å². The molecule has 0 saturated carbocycles. The normalized spacial score (nSPS) is 11.1. The molecular weight excluding hydrogens is 287 g/mol. The Morgan fingerprint density at radius 3 is 1.67 bits per heavy atom. The Kier molecular flexibility index (Phi) is 17.1. The molecule has 0 atom stereocenters. The largest absolute Gasteiger partial charge is 0.524 e. The van der Waals surface area contributed by atoms with Crippen LogP contribution in [0.5, 0.6) is 0 Å². The predicted octanol–water partition coefficient (Wildman–Crippen LogP) is 5.72. The van der Waals surface area contributed by atoms with Crippen molar-refractivity contribution in [2.24, 2.45) is 0 Å². The number of hydrogen-bond donors (Lipinski definition) is 2. The number of phosphoric acid groups is 1. The van der Waals surface area contributed by atoms with Gasteiger partial charge >= 0.3 is 7.82 Å². The molecule has 0 fully saturated rings. The number of allylic oxidation sites excluding steroid dienone is 2. The quantitative estimate of drug-likeness (QED) is 0.221. The van der Waals surface area contributed by atoms with Crippen LogP contribution in [0.1, 0.15) is 78.6 Å². The van der Waals surface area contributed by atoms with Gasteiger partial charge in [-0.25, -0.2) is 4.57 Å². The average Bonchev–Trinajstić information content (AvgIpc) is 2.36. The molecule has 0 unspecified atom stereocenters. The molecule has 0 aromatic carbocycles. The number of hydrogen-bond acceptors (Lipinski definition) is 2. The summed E-state index contributed by atoms with van der Waals surface area (Å²) < 4.78 is 14.0. The van der Waals surface area contributed by atoms with Crippen molar-refractivity contribution in [3.05, 3.63) is 24.5 Å². The van der Waals surface area contributed by atoms with Crippen molar-refractivity contribution in [2.45, 2.75) is 78.6 Å². The first-order valence-electron chi connectivity index (χ1n) is 7.89. The molecule has 0 amide bonds. The molecular formula is C16H33O4P. The first kappa shape index (κ1) is 22.7. The molecule has 0 aromatic heterocycles. The van der Waals surface area contributed by atoms with Crippen LogP contribution in [0.25, 0.3) is 0 Å². The van der Waals surface area contributed by atoms with E-state index >= 15 is 0 Å². The van der Waals surface area contributed by atoms with Gasteiger partial charge in [0, 0.05) is 0 Å². The monoisotopic (exact) mass is 320 g/mol. The van der Waals surface area contributed by atoms with Gasteiger partial charge in [0.2, 0.25) is 0 Å². The van der Waals surface area contributed by atoms with Crippen molar-refractivity contribution in [3.8, 4) is 0 Å². The van der Waals surface area contributed by atoms with Crippen molar-refractivity contribution in [2.75, 3.05) is 0 Å². The van der Waals surface area contributed by atoms with Gasteiger partial charge in [-0.1, -0.05) is 83.8 Å². The minimum Gasteiger partial charge on any atom is -0.412 e. The minimum atomic E-state index is -4.35. The van der Waals surface area contributed by atoms with E-state index in [9.17, 15) is 4.57 Å². The summed E-state index contributed by atoms with van der Waals surface area (Å²) in [6.07, 6.45) is 15.2. The van der Waals surface area contributed by atoms with Gasteiger partial charge in [0.25, 0.3) is 0 Å². The third kappa shape index (κ3) is 28.3. The summed E-state index contributed by atoms with van der Waals surface area (Å²) in [5, 5.41) is 0. The smallest absolute Gasteiger partial charge is 0.412 e. The van der Waals surface area contributed by atoms with Crippen LogP contribution in [0.3, 0.4) is 0 Å². The fraction of sp³-hybridized carbons (Fsp3) is 0.750. The maximum atomic E-state index is 10.0. The fourth-order valence-corrected chi connectivity index (χ4v) is 1.83. The Labute approximate surface area is 130 Å². The van der Waals surface area contributed by atoms with E-state index in [2.05, 4.69) is 25.0 Å². The van der Waals surface area contributed by atoms with Crippen molar-refractivity contribution >= 4 is 7.82 Å². The summed E-state index contributed by atoms with van der Waals surface area (Å²) in [5.41, 5.74) is 0.661. The topological polar surface area (TPSA) is 66.8 Å². The molecule has 0 aliphatic heterocycles. The molecule has 0 bridgehead atoms. The highest BCUT2D eigenvalue weighted by atomic mass is 31.2. The zero-order valence-electron chi connectivity index (χ0n) is 13.9. The van der Waals surface area contributed by atoms with Gasteiger partial charge in [0.1, 0.15) is 0 Å². The third-order valence-electron chi connectivity index (χ3n) is 2.76. The van der Waals surface area contributed by atoms with E-state index in [0.717, 1.165) is 6.26 Å². The molecule has 0 aliphatic carbocycles. The second-order valence-corrected chi connectivity index (χ2v) is 6.41. The maximum absolute atomic E-state index is 10.0. The van der Waals surface area contributed by atoms with E-state index in [0.29, 0.717) is 5.57 Å². The Hall–Kier alpha value is -0.570. The first-order chi connectivity index (χ1) is 9.83. The van der Waals surface area contributed by atoms with Crippen molar-refractivity contribution in [1.82, 2.24) is 0 Å². The number of rotatable bonds is 11. The zero-order valence-corrected chi connectivity index (χ0v) is 14.8. The molecule has 2 N–H and O–H groups in total. The van der Waals surface area contributed by atoms with Gasteiger partial charge in [-0.2, -0.15) is 0 Å². The van der Waals surface area contributed by atoms with Gasteiger partial charge in [-0.05, 0) is 13.0 Å². The SMILES string of the molecule is C=C(C)C=COP(=O)(O)O.CCCCCCCCCCC. The van der Waals surface area contributed by atoms with Crippen molar-refractivity contribution < 1.29 is 18.9 Å². The van der Waals surface area contributed by atoms with E-state index in [1.54, 1.807) is 6.92 Å². The van der Waals surface area contributed by atoms with E-state index in [1.165, 1.54) is 63.9 Å². The lowest BCUT2D eigenvalue weighted by Gasteiger charge is -1.98. The van der Waals surface area contributed by atoms with Gasteiger partial charge < -0.3 is 4.52 Å². The third-order valence-corrected chi connectivity index (χ3v) is 3.15. The molecule has 4 nitrogen and oxygen atoms in total. The van der Waals surface area contributed by atoms with Crippen LogP contribution in [-0.2, 0) is 9.09 Å². The summed E-state index contributed by atoms with van der Waals surface area (Å²) in [5.74, 6) is 0. The highest BCUT2D eigenvalue weighted by Gasteiger charge is 2.10. The van der Waals surface area contributed by atoms with Crippen LogP contribution in [0, 0.1) is 0 Å². The lowest BCUT2D eigenvalue weighted by Crippen LogP contribution is -1.79. The lowest BCUT2D eigenvalue weighted by atomic mass is 10.1. The summed E-state index contributed by atoms with van der Waals surface area (Å²) in [6.45, 7) is 9.68. The predicted molar refractivity (Wildman–Crippen MR) is 90.0 cm³/mol. The molecule has 5 heteroatoms. The van der Waals surface area contributed by atoms with Crippen LogP contribution in [0.15, 0.2) is 24.5 Å². The standard InChI is InChI=1S/C11H24.C5H9O4P/c1-3-5-7-9-11-10-8-6-4-2;1-5(2)3-4-9-10(6,7)8/h3-11H2,1-2H3;3-4H,1H2,2H3,(H2,6,7,8). The molecule has 0 saturated heterocycles. The maximum Gasteiger partial charge on any atom is 0.524 e. The minimum absolute atomic E-state index is 0.661. The Morgan fingerprint density at radius 1 is 1.00 bits per heavy atom. The summed E-state index contributed by atoms with van der Waals surface area (Å²) in [4.78, 5) is 16.3. The Balaban J connectivity index is 0. The Bertz CT molecular complexity index is 299. The molecule has 0 radical (unpaired) electrons. The first-order valence-corrected chi connectivity index (χ1v) is 9.42. The molecule has 0 aliphatic rings. The van der Waals surface area contributed by atoms with Gasteiger partial charge in [0.05, 0.1) is 6.26 Å². The second-order valence-electron chi connectivity index (χ2n) is 5.22. The lowest BCUT2D eigenvalue weighted by molar-refractivity contribution is 0.258. The van der Waals surface area contributed by atoms with E-state index < -0.39 is 7.82 Å². The van der Waals surface area contributed by atoms with E-state index in [1.807, 2.05) is 0 Å². The summed E-state index contributed by atoms with van der Waals surface area (Å²) in [7, 11) is -4.35. The highest BCUT2D eigenvalue weighted by molar-refractivity contribution is 7.46. The zero-order chi connectivity index (χ0) is 16.6. The molecule has 0 spiro atoms. The van der Waals surface area contributed by atoms with Gasteiger partial charge in [-0.15, -0.1) is 0 Å².